The molecule has 0 radical (unpaired) electrons. The van der Waals surface area contributed by atoms with Gasteiger partial charge in [-0.3, -0.25) is 0 Å². The van der Waals surface area contributed by atoms with Crippen molar-refractivity contribution in [3.8, 4) is 0 Å². The van der Waals surface area contributed by atoms with Gasteiger partial charge < -0.3 is 9.88 Å². The van der Waals surface area contributed by atoms with E-state index >= 15 is 0 Å². The molecule has 0 spiro atoms. The summed E-state index contributed by atoms with van der Waals surface area (Å²) in [6, 6.07) is 4.99. The number of aromatic nitrogens is 2. The highest BCUT2D eigenvalue weighted by molar-refractivity contribution is 9.10. The fraction of sp³-hybridized carbons (Fsp3) is 0.400. The van der Waals surface area contributed by atoms with Crippen LogP contribution < -0.4 is 5.32 Å². The van der Waals surface area contributed by atoms with Crippen molar-refractivity contribution in [2.45, 2.75) is 32.9 Å². The van der Waals surface area contributed by atoms with E-state index in [0.717, 1.165) is 30.9 Å². The first-order chi connectivity index (χ1) is 9.69. The molecule has 5 heteroatoms. The van der Waals surface area contributed by atoms with Gasteiger partial charge in [0, 0.05) is 18.9 Å². The highest BCUT2D eigenvalue weighted by Crippen LogP contribution is 2.29. The van der Waals surface area contributed by atoms with E-state index in [2.05, 4.69) is 37.7 Å². The van der Waals surface area contributed by atoms with Gasteiger partial charge in [0.15, 0.2) is 0 Å². The van der Waals surface area contributed by atoms with Crippen molar-refractivity contribution in [2.75, 3.05) is 6.54 Å². The van der Waals surface area contributed by atoms with E-state index in [-0.39, 0.29) is 11.9 Å². The second kappa shape index (κ2) is 6.99. The summed E-state index contributed by atoms with van der Waals surface area (Å²) in [6.07, 6.45) is 4.80. The Morgan fingerprint density at radius 1 is 1.40 bits per heavy atom. The zero-order chi connectivity index (χ0) is 14.5. The van der Waals surface area contributed by atoms with Gasteiger partial charge >= 0.3 is 0 Å². The normalized spacial score (nSPS) is 12.6. The molecule has 0 bridgehead atoms. The molecule has 1 unspecified atom stereocenters. The molecule has 20 heavy (non-hydrogen) atoms. The Bertz CT molecular complexity index is 568. The van der Waals surface area contributed by atoms with Crippen LogP contribution in [0.5, 0.6) is 0 Å². The SMILES string of the molecule is CCCn1ccnc1C(NCC)c1cccc(F)c1Br. The average Bonchev–Trinajstić information content (AvgIpc) is 2.88. The van der Waals surface area contributed by atoms with Crippen molar-refractivity contribution in [3.63, 3.8) is 0 Å². The summed E-state index contributed by atoms with van der Waals surface area (Å²) in [5.41, 5.74) is 0.871. The molecule has 2 aromatic rings. The summed E-state index contributed by atoms with van der Waals surface area (Å²) in [5.74, 6) is 0.666. The van der Waals surface area contributed by atoms with Gasteiger partial charge in [0.1, 0.15) is 11.6 Å². The fourth-order valence-electron chi connectivity index (χ4n) is 2.30. The Hall–Kier alpha value is -1.20. The molecule has 1 atom stereocenters. The smallest absolute Gasteiger partial charge is 0.137 e. The molecule has 2 rings (SSSR count). The van der Waals surface area contributed by atoms with E-state index in [1.807, 2.05) is 19.2 Å². The molecule has 3 nitrogen and oxygen atoms in total. The van der Waals surface area contributed by atoms with Crippen molar-refractivity contribution in [1.29, 1.82) is 0 Å². The molecule has 0 fully saturated rings. The molecule has 0 saturated heterocycles. The predicted octanol–water partition coefficient (Wildman–Crippen LogP) is 3.89. The monoisotopic (exact) mass is 339 g/mol. The molecule has 1 aromatic carbocycles. The van der Waals surface area contributed by atoms with Crippen LogP contribution in [-0.2, 0) is 6.54 Å². The van der Waals surface area contributed by atoms with Crippen LogP contribution in [0.4, 0.5) is 4.39 Å². The number of nitrogens with one attached hydrogen (secondary N) is 1. The van der Waals surface area contributed by atoms with Gasteiger partial charge in [-0.15, -0.1) is 0 Å². The van der Waals surface area contributed by atoms with Crippen LogP contribution in [0.2, 0.25) is 0 Å². The number of benzene rings is 1. The quantitative estimate of drug-likeness (QED) is 0.865. The standard InChI is InChI=1S/C15H19BrFN3/c1-3-9-20-10-8-19-15(20)14(18-4-2)11-6-5-7-12(17)13(11)16/h5-8,10,14,18H,3-4,9H2,1-2H3. The maximum absolute atomic E-state index is 13.8. The minimum Gasteiger partial charge on any atom is -0.333 e. The summed E-state index contributed by atoms with van der Waals surface area (Å²) >= 11 is 3.35. The number of hydrogen-bond acceptors (Lipinski definition) is 2. The number of imidazole rings is 1. The molecule has 1 aromatic heterocycles. The highest BCUT2D eigenvalue weighted by atomic mass is 79.9. The van der Waals surface area contributed by atoms with Crippen LogP contribution in [-0.4, -0.2) is 16.1 Å². The van der Waals surface area contributed by atoms with Gasteiger partial charge in [-0.2, -0.15) is 0 Å². The van der Waals surface area contributed by atoms with Crippen molar-refractivity contribution < 1.29 is 4.39 Å². The molecule has 0 aliphatic rings. The number of hydrogen-bond donors (Lipinski definition) is 1. The lowest BCUT2D eigenvalue weighted by Gasteiger charge is -2.20. The minimum atomic E-state index is -0.251. The van der Waals surface area contributed by atoms with E-state index in [9.17, 15) is 4.39 Å². The third-order valence-corrected chi connectivity index (χ3v) is 4.01. The maximum Gasteiger partial charge on any atom is 0.137 e. The third kappa shape index (κ3) is 3.10. The Labute approximate surface area is 127 Å². The van der Waals surface area contributed by atoms with E-state index < -0.39 is 0 Å². The molecule has 1 heterocycles. The first-order valence-corrected chi connectivity index (χ1v) is 7.66. The van der Waals surface area contributed by atoms with Gasteiger partial charge in [-0.05, 0) is 40.5 Å². The summed E-state index contributed by atoms with van der Waals surface area (Å²) in [7, 11) is 0. The van der Waals surface area contributed by atoms with Crippen LogP contribution in [0.1, 0.15) is 37.7 Å². The van der Waals surface area contributed by atoms with Crippen LogP contribution in [0.3, 0.4) is 0 Å². The topological polar surface area (TPSA) is 29.9 Å². The van der Waals surface area contributed by atoms with E-state index in [4.69, 9.17) is 0 Å². The second-order valence-electron chi connectivity index (χ2n) is 4.61. The molecular formula is C15H19BrFN3. The lowest BCUT2D eigenvalue weighted by atomic mass is 10.1. The number of nitrogens with zero attached hydrogens (tertiary/aromatic N) is 2. The molecular weight excluding hydrogens is 321 g/mol. The van der Waals surface area contributed by atoms with Gasteiger partial charge in [-0.1, -0.05) is 26.0 Å². The molecule has 0 aliphatic carbocycles. The van der Waals surface area contributed by atoms with Gasteiger partial charge in [-0.25, -0.2) is 9.37 Å². The predicted molar refractivity (Wildman–Crippen MR) is 82.1 cm³/mol. The van der Waals surface area contributed by atoms with Crippen LogP contribution in [0, 0.1) is 5.82 Å². The summed E-state index contributed by atoms with van der Waals surface area (Å²) in [6.45, 7) is 5.86. The van der Waals surface area contributed by atoms with Gasteiger partial charge in [0.05, 0.1) is 10.5 Å². The summed E-state index contributed by atoms with van der Waals surface area (Å²) < 4.78 is 16.4. The molecule has 0 saturated carbocycles. The van der Waals surface area contributed by atoms with Crippen molar-refractivity contribution >= 4 is 15.9 Å². The van der Waals surface area contributed by atoms with Crippen LogP contribution >= 0.6 is 15.9 Å². The lowest BCUT2D eigenvalue weighted by molar-refractivity contribution is 0.537. The number of aryl methyl sites for hydroxylation is 1. The first kappa shape index (κ1) is 15.2. The first-order valence-electron chi connectivity index (χ1n) is 6.87. The van der Waals surface area contributed by atoms with Crippen LogP contribution in [0.15, 0.2) is 35.1 Å². The largest absolute Gasteiger partial charge is 0.333 e. The summed E-state index contributed by atoms with van der Waals surface area (Å²) in [5, 5.41) is 3.39. The molecule has 1 N–H and O–H groups in total. The van der Waals surface area contributed by atoms with E-state index in [0.29, 0.717) is 4.47 Å². The Morgan fingerprint density at radius 3 is 2.90 bits per heavy atom. The van der Waals surface area contributed by atoms with Crippen molar-refractivity contribution in [3.05, 3.63) is 52.3 Å². The van der Waals surface area contributed by atoms with Crippen molar-refractivity contribution in [2.24, 2.45) is 0 Å². The van der Waals surface area contributed by atoms with Gasteiger partial charge in [0.25, 0.3) is 0 Å². The molecule has 0 amide bonds. The van der Waals surface area contributed by atoms with E-state index in [1.165, 1.54) is 6.07 Å². The Balaban J connectivity index is 2.45. The number of rotatable bonds is 6. The lowest BCUT2D eigenvalue weighted by Crippen LogP contribution is -2.26. The zero-order valence-corrected chi connectivity index (χ0v) is 13.3. The van der Waals surface area contributed by atoms with Crippen LogP contribution in [0.25, 0.3) is 0 Å². The highest BCUT2D eigenvalue weighted by Gasteiger charge is 2.21. The average molecular weight is 340 g/mol. The maximum atomic E-state index is 13.8. The second-order valence-corrected chi connectivity index (χ2v) is 5.41. The fourth-order valence-corrected chi connectivity index (χ4v) is 2.79. The van der Waals surface area contributed by atoms with Gasteiger partial charge in [0.2, 0.25) is 0 Å². The zero-order valence-electron chi connectivity index (χ0n) is 11.7. The van der Waals surface area contributed by atoms with E-state index in [1.54, 1.807) is 12.3 Å². The Morgan fingerprint density at radius 2 is 2.20 bits per heavy atom. The third-order valence-electron chi connectivity index (χ3n) is 3.17. The molecule has 108 valence electrons. The summed E-state index contributed by atoms with van der Waals surface area (Å²) in [4.78, 5) is 4.46. The van der Waals surface area contributed by atoms with Crippen molar-refractivity contribution in [1.82, 2.24) is 14.9 Å². The Kier molecular flexibility index (Phi) is 5.31. The number of halogens is 2. The molecule has 0 aliphatic heterocycles. The minimum absolute atomic E-state index is 0.119.